The Morgan fingerprint density at radius 3 is 2.39 bits per heavy atom. The minimum Gasteiger partial charge on any atom is -0.497 e. The lowest BCUT2D eigenvalue weighted by molar-refractivity contribution is -0.119. The van der Waals surface area contributed by atoms with Crippen LogP contribution in [0.4, 0.5) is 5.69 Å². The molecule has 1 aliphatic heterocycles. The number of nitrogens with zero attached hydrogens (tertiary/aromatic N) is 1. The first-order valence-corrected chi connectivity index (χ1v) is 10.6. The third kappa shape index (κ3) is 3.90. The summed E-state index contributed by atoms with van der Waals surface area (Å²) in [6.45, 7) is 2.51. The standard InChI is InChI=1S/C25H27NO5/c1-4-31-17-10-8-16(9-11-17)26-21-6-5-7-22(27)25(21)20(15-24(26)28)19-13-12-18(29-2)14-23(19)30-3/h8-14,20H,4-7,15H2,1-3H3. The maximum absolute atomic E-state index is 13.4. The van der Waals surface area contributed by atoms with Crippen LogP contribution in [0.25, 0.3) is 0 Å². The van der Waals surface area contributed by atoms with Crippen LogP contribution in [0, 0.1) is 0 Å². The number of carbonyl (C=O) groups is 2. The van der Waals surface area contributed by atoms with Crippen LogP contribution in [-0.2, 0) is 9.59 Å². The number of methoxy groups -OCH3 is 2. The molecule has 31 heavy (non-hydrogen) atoms. The number of anilines is 1. The van der Waals surface area contributed by atoms with E-state index in [4.69, 9.17) is 14.2 Å². The van der Waals surface area contributed by atoms with E-state index in [9.17, 15) is 9.59 Å². The van der Waals surface area contributed by atoms with Crippen molar-refractivity contribution in [3.63, 3.8) is 0 Å². The molecule has 4 rings (SSSR count). The van der Waals surface area contributed by atoms with Crippen molar-refractivity contribution in [3.8, 4) is 17.2 Å². The van der Waals surface area contributed by atoms with Gasteiger partial charge in [-0.15, -0.1) is 0 Å². The molecule has 0 N–H and O–H groups in total. The molecule has 1 amide bonds. The van der Waals surface area contributed by atoms with E-state index in [1.165, 1.54) is 0 Å². The predicted molar refractivity (Wildman–Crippen MR) is 118 cm³/mol. The number of hydrogen-bond acceptors (Lipinski definition) is 5. The predicted octanol–water partition coefficient (Wildman–Crippen LogP) is 4.63. The van der Waals surface area contributed by atoms with Crippen LogP contribution in [0.15, 0.2) is 53.7 Å². The second kappa shape index (κ2) is 8.84. The van der Waals surface area contributed by atoms with Gasteiger partial charge in [0, 0.05) is 47.3 Å². The van der Waals surface area contributed by atoms with Gasteiger partial charge in [0.05, 0.1) is 20.8 Å². The van der Waals surface area contributed by atoms with Gasteiger partial charge in [0.15, 0.2) is 5.78 Å². The number of amides is 1. The van der Waals surface area contributed by atoms with Crippen LogP contribution in [-0.4, -0.2) is 32.5 Å². The van der Waals surface area contributed by atoms with Gasteiger partial charge in [0.2, 0.25) is 5.91 Å². The number of ketones is 1. The molecule has 0 radical (unpaired) electrons. The molecule has 1 unspecified atom stereocenters. The summed E-state index contributed by atoms with van der Waals surface area (Å²) in [5, 5.41) is 0. The Hall–Kier alpha value is -3.28. The van der Waals surface area contributed by atoms with Gasteiger partial charge in [0.1, 0.15) is 17.2 Å². The molecule has 0 fully saturated rings. The number of rotatable bonds is 6. The van der Waals surface area contributed by atoms with Crippen LogP contribution in [0.3, 0.4) is 0 Å². The summed E-state index contributed by atoms with van der Waals surface area (Å²) >= 11 is 0. The topological polar surface area (TPSA) is 65.1 Å². The van der Waals surface area contributed by atoms with Crippen LogP contribution in [0.2, 0.25) is 0 Å². The highest BCUT2D eigenvalue weighted by molar-refractivity contribution is 6.07. The molecular weight excluding hydrogens is 394 g/mol. The van der Waals surface area contributed by atoms with Crippen molar-refractivity contribution in [2.75, 3.05) is 25.7 Å². The highest BCUT2D eigenvalue weighted by Crippen LogP contribution is 2.46. The zero-order valence-corrected chi connectivity index (χ0v) is 18.1. The molecule has 0 saturated heterocycles. The summed E-state index contributed by atoms with van der Waals surface area (Å²) in [6, 6.07) is 13.0. The van der Waals surface area contributed by atoms with Gasteiger partial charge < -0.3 is 14.2 Å². The van der Waals surface area contributed by atoms with Crippen molar-refractivity contribution in [1.82, 2.24) is 0 Å². The molecule has 0 spiro atoms. The zero-order chi connectivity index (χ0) is 22.0. The van der Waals surface area contributed by atoms with Crippen molar-refractivity contribution in [2.45, 2.75) is 38.5 Å². The lowest BCUT2D eigenvalue weighted by atomic mass is 9.77. The fourth-order valence-electron chi connectivity index (χ4n) is 4.52. The molecule has 0 bridgehead atoms. The van der Waals surface area contributed by atoms with Crippen LogP contribution >= 0.6 is 0 Å². The number of carbonyl (C=O) groups excluding carboxylic acids is 2. The molecular formula is C25H27NO5. The van der Waals surface area contributed by atoms with Gasteiger partial charge >= 0.3 is 0 Å². The lowest BCUT2D eigenvalue weighted by Gasteiger charge is -2.38. The van der Waals surface area contributed by atoms with E-state index in [1.54, 1.807) is 25.2 Å². The summed E-state index contributed by atoms with van der Waals surface area (Å²) in [7, 11) is 3.19. The van der Waals surface area contributed by atoms with Gasteiger partial charge in [-0.25, -0.2) is 0 Å². The van der Waals surface area contributed by atoms with E-state index in [0.717, 1.165) is 34.7 Å². The van der Waals surface area contributed by atoms with E-state index in [0.29, 0.717) is 30.9 Å². The van der Waals surface area contributed by atoms with E-state index in [2.05, 4.69) is 0 Å². The fourth-order valence-corrected chi connectivity index (χ4v) is 4.52. The minimum atomic E-state index is -0.324. The highest BCUT2D eigenvalue weighted by atomic mass is 16.5. The molecule has 1 heterocycles. The molecule has 0 saturated carbocycles. The molecule has 2 aromatic carbocycles. The Labute approximate surface area is 182 Å². The fraction of sp³-hybridized carbons (Fsp3) is 0.360. The molecule has 162 valence electrons. The molecule has 6 nitrogen and oxygen atoms in total. The summed E-state index contributed by atoms with van der Waals surface area (Å²) < 4.78 is 16.4. The zero-order valence-electron chi connectivity index (χ0n) is 18.1. The monoisotopic (exact) mass is 421 g/mol. The normalized spacial score (nSPS) is 18.7. The molecule has 2 aliphatic rings. The number of hydrogen-bond donors (Lipinski definition) is 0. The van der Waals surface area contributed by atoms with Crippen molar-refractivity contribution < 1.29 is 23.8 Å². The summed E-state index contributed by atoms with van der Waals surface area (Å²) in [5.41, 5.74) is 3.13. The molecule has 1 atom stereocenters. The first-order chi connectivity index (χ1) is 15.1. The molecule has 0 aromatic heterocycles. The Morgan fingerprint density at radius 2 is 1.71 bits per heavy atom. The Bertz CT molecular complexity index is 1020. The number of Topliss-reactive ketones (excluding diaryl/α,β-unsaturated/α-hetero) is 1. The number of ether oxygens (including phenoxy) is 3. The summed E-state index contributed by atoms with van der Waals surface area (Å²) in [4.78, 5) is 28.2. The lowest BCUT2D eigenvalue weighted by Crippen LogP contribution is -2.40. The van der Waals surface area contributed by atoms with Crippen molar-refractivity contribution >= 4 is 17.4 Å². The average molecular weight is 421 g/mol. The van der Waals surface area contributed by atoms with Gasteiger partial charge in [-0.3, -0.25) is 14.5 Å². The van der Waals surface area contributed by atoms with Crippen molar-refractivity contribution in [3.05, 3.63) is 59.3 Å². The quantitative estimate of drug-likeness (QED) is 0.680. The van der Waals surface area contributed by atoms with Gasteiger partial charge in [-0.1, -0.05) is 6.07 Å². The Morgan fingerprint density at radius 1 is 0.968 bits per heavy atom. The van der Waals surface area contributed by atoms with Crippen molar-refractivity contribution in [1.29, 1.82) is 0 Å². The van der Waals surface area contributed by atoms with Gasteiger partial charge in [-0.05, 0) is 50.1 Å². The van der Waals surface area contributed by atoms with Crippen LogP contribution in [0.1, 0.15) is 44.1 Å². The molecule has 2 aromatic rings. The van der Waals surface area contributed by atoms with Gasteiger partial charge in [-0.2, -0.15) is 0 Å². The maximum Gasteiger partial charge on any atom is 0.232 e. The third-order valence-electron chi connectivity index (χ3n) is 5.90. The van der Waals surface area contributed by atoms with E-state index >= 15 is 0 Å². The third-order valence-corrected chi connectivity index (χ3v) is 5.90. The largest absolute Gasteiger partial charge is 0.497 e. The SMILES string of the molecule is CCOc1ccc(N2C(=O)CC(c3ccc(OC)cc3OC)C3=C2CCCC3=O)cc1. The van der Waals surface area contributed by atoms with Crippen molar-refractivity contribution in [2.24, 2.45) is 0 Å². The van der Waals surface area contributed by atoms with E-state index < -0.39 is 0 Å². The second-order valence-electron chi connectivity index (χ2n) is 7.66. The highest BCUT2D eigenvalue weighted by Gasteiger charge is 2.40. The number of allylic oxidation sites excluding steroid dienone is 2. The summed E-state index contributed by atoms with van der Waals surface area (Å²) in [6.07, 6.45) is 2.14. The minimum absolute atomic E-state index is 0.0273. The molecule has 1 aliphatic carbocycles. The smallest absolute Gasteiger partial charge is 0.232 e. The molecule has 6 heteroatoms. The average Bonchev–Trinajstić information content (AvgIpc) is 2.79. The van der Waals surface area contributed by atoms with Crippen LogP contribution in [0.5, 0.6) is 17.2 Å². The second-order valence-corrected chi connectivity index (χ2v) is 7.66. The maximum atomic E-state index is 13.4. The Kier molecular flexibility index (Phi) is 5.98. The first kappa shape index (κ1) is 21.0. The van der Waals surface area contributed by atoms with Gasteiger partial charge in [0.25, 0.3) is 0 Å². The van der Waals surface area contributed by atoms with Crippen LogP contribution < -0.4 is 19.1 Å². The number of benzene rings is 2. The van der Waals surface area contributed by atoms with E-state index in [1.807, 2.05) is 43.3 Å². The summed E-state index contributed by atoms with van der Waals surface area (Å²) in [5.74, 6) is 1.80. The first-order valence-electron chi connectivity index (χ1n) is 10.6. The Balaban J connectivity index is 1.80. The van der Waals surface area contributed by atoms with E-state index in [-0.39, 0.29) is 24.0 Å².